The van der Waals surface area contributed by atoms with Crippen molar-refractivity contribution in [1.82, 2.24) is 9.88 Å². The topological polar surface area (TPSA) is 48.5 Å². The summed E-state index contributed by atoms with van der Waals surface area (Å²) >= 11 is 0. The van der Waals surface area contributed by atoms with Crippen molar-refractivity contribution in [2.24, 2.45) is 0 Å². The monoisotopic (exact) mass is 350 g/mol. The van der Waals surface area contributed by atoms with Crippen molar-refractivity contribution < 1.29 is 18.0 Å². The molecule has 0 saturated carbocycles. The Labute approximate surface area is 143 Å². The Morgan fingerprint density at radius 3 is 2.36 bits per heavy atom. The largest absolute Gasteiger partial charge is 0.416 e. The van der Waals surface area contributed by atoms with Gasteiger partial charge in [-0.05, 0) is 30.3 Å². The highest BCUT2D eigenvalue weighted by Crippen LogP contribution is 2.30. The number of alkyl halides is 3. The maximum Gasteiger partial charge on any atom is 0.416 e. The number of piperazine rings is 1. The van der Waals surface area contributed by atoms with Crippen LogP contribution >= 0.6 is 0 Å². The SMILES string of the molecule is O=C(Nc1cccc(C(F)(F)F)c1)N1CCN(c2ccncc2)CC1. The number of carbonyl (C=O) groups is 1. The Morgan fingerprint density at radius 1 is 1.04 bits per heavy atom. The van der Waals surface area contributed by atoms with E-state index in [1.165, 1.54) is 12.1 Å². The molecule has 5 nitrogen and oxygen atoms in total. The van der Waals surface area contributed by atoms with Gasteiger partial charge in [-0.15, -0.1) is 0 Å². The van der Waals surface area contributed by atoms with Gasteiger partial charge in [-0.2, -0.15) is 13.2 Å². The van der Waals surface area contributed by atoms with Crippen LogP contribution in [0.3, 0.4) is 0 Å². The van der Waals surface area contributed by atoms with Gasteiger partial charge in [0.2, 0.25) is 0 Å². The lowest BCUT2D eigenvalue weighted by Crippen LogP contribution is -2.50. The number of benzene rings is 1. The fourth-order valence-corrected chi connectivity index (χ4v) is 2.70. The maximum atomic E-state index is 12.7. The standard InChI is InChI=1S/C17H17F3N4O/c18-17(19,20)13-2-1-3-14(12-13)22-16(25)24-10-8-23(9-11-24)15-4-6-21-7-5-15/h1-7,12H,8-11H2,(H,22,25). The highest BCUT2D eigenvalue weighted by Gasteiger charge is 2.30. The fourth-order valence-electron chi connectivity index (χ4n) is 2.70. The summed E-state index contributed by atoms with van der Waals surface area (Å²) in [5, 5.41) is 2.54. The van der Waals surface area contributed by atoms with E-state index < -0.39 is 17.8 Å². The van der Waals surface area contributed by atoms with Crippen LogP contribution in [0, 0.1) is 0 Å². The van der Waals surface area contributed by atoms with Crippen LogP contribution < -0.4 is 10.2 Å². The molecular formula is C17H17F3N4O. The summed E-state index contributed by atoms with van der Waals surface area (Å²) in [5.41, 5.74) is 0.386. The van der Waals surface area contributed by atoms with Crippen LogP contribution in [0.15, 0.2) is 48.8 Å². The quantitative estimate of drug-likeness (QED) is 0.902. The number of urea groups is 1. The second-order valence-electron chi connectivity index (χ2n) is 5.69. The molecule has 0 bridgehead atoms. The second kappa shape index (κ2) is 7.00. The number of anilines is 2. The number of hydrogen-bond acceptors (Lipinski definition) is 3. The van der Waals surface area contributed by atoms with Gasteiger partial charge < -0.3 is 15.1 Å². The van der Waals surface area contributed by atoms with E-state index in [0.29, 0.717) is 26.2 Å². The zero-order valence-electron chi connectivity index (χ0n) is 13.3. The summed E-state index contributed by atoms with van der Waals surface area (Å²) in [6.07, 6.45) is -1.01. The molecule has 0 radical (unpaired) electrons. The maximum absolute atomic E-state index is 12.7. The van der Waals surface area contributed by atoms with Gasteiger partial charge in [0.25, 0.3) is 0 Å². The average molecular weight is 350 g/mol. The van der Waals surface area contributed by atoms with Crippen molar-refractivity contribution in [3.8, 4) is 0 Å². The number of nitrogens with zero attached hydrogens (tertiary/aromatic N) is 3. The number of pyridine rings is 1. The summed E-state index contributed by atoms with van der Waals surface area (Å²) in [7, 11) is 0. The molecule has 0 aliphatic carbocycles. The summed E-state index contributed by atoms with van der Waals surface area (Å²) in [5.74, 6) is 0. The third kappa shape index (κ3) is 4.20. The summed E-state index contributed by atoms with van der Waals surface area (Å²) in [4.78, 5) is 20.0. The minimum Gasteiger partial charge on any atom is -0.368 e. The van der Waals surface area contributed by atoms with Gasteiger partial charge in [-0.3, -0.25) is 4.98 Å². The predicted octanol–water partition coefficient (Wildman–Crippen LogP) is 3.45. The van der Waals surface area contributed by atoms with Crippen molar-refractivity contribution in [2.45, 2.75) is 6.18 Å². The van der Waals surface area contributed by atoms with Crippen LogP contribution in [0.1, 0.15) is 5.56 Å². The minimum absolute atomic E-state index is 0.136. The number of carbonyl (C=O) groups excluding carboxylic acids is 1. The average Bonchev–Trinajstić information content (AvgIpc) is 2.62. The van der Waals surface area contributed by atoms with E-state index in [2.05, 4.69) is 15.2 Å². The van der Waals surface area contributed by atoms with Gasteiger partial charge in [0, 0.05) is 49.9 Å². The smallest absolute Gasteiger partial charge is 0.368 e. The molecule has 2 aromatic rings. The molecule has 8 heteroatoms. The molecule has 1 saturated heterocycles. The molecule has 2 heterocycles. The molecule has 1 fully saturated rings. The summed E-state index contributed by atoms with van der Waals surface area (Å²) < 4.78 is 38.2. The zero-order valence-corrected chi connectivity index (χ0v) is 13.3. The molecular weight excluding hydrogens is 333 g/mol. The number of amides is 2. The minimum atomic E-state index is -4.43. The first-order valence-corrected chi connectivity index (χ1v) is 7.81. The van der Waals surface area contributed by atoms with Gasteiger partial charge in [0.1, 0.15) is 0 Å². The molecule has 1 aromatic heterocycles. The molecule has 2 amide bonds. The Morgan fingerprint density at radius 2 is 1.72 bits per heavy atom. The van der Waals surface area contributed by atoms with Gasteiger partial charge in [-0.25, -0.2) is 4.79 Å². The van der Waals surface area contributed by atoms with Crippen LogP contribution in [0.2, 0.25) is 0 Å². The molecule has 1 aliphatic heterocycles. The second-order valence-corrected chi connectivity index (χ2v) is 5.69. The Bertz CT molecular complexity index is 728. The van der Waals surface area contributed by atoms with Crippen LogP contribution in [0.5, 0.6) is 0 Å². The van der Waals surface area contributed by atoms with Crippen molar-refractivity contribution in [2.75, 3.05) is 36.4 Å². The van der Waals surface area contributed by atoms with Crippen LogP contribution in [-0.2, 0) is 6.18 Å². The van der Waals surface area contributed by atoms with Crippen molar-refractivity contribution >= 4 is 17.4 Å². The van der Waals surface area contributed by atoms with Gasteiger partial charge >= 0.3 is 12.2 Å². The lowest BCUT2D eigenvalue weighted by atomic mass is 10.2. The first-order chi connectivity index (χ1) is 11.9. The number of halogens is 3. The van der Waals surface area contributed by atoms with Crippen molar-refractivity contribution in [3.63, 3.8) is 0 Å². The normalized spacial score (nSPS) is 15.2. The Kier molecular flexibility index (Phi) is 4.78. The highest BCUT2D eigenvalue weighted by molar-refractivity contribution is 5.89. The molecule has 0 unspecified atom stereocenters. The molecule has 132 valence electrons. The molecule has 1 aliphatic rings. The number of aromatic nitrogens is 1. The van der Waals surface area contributed by atoms with Gasteiger partial charge in [0.05, 0.1) is 5.56 Å². The Balaban J connectivity index is 1.58. The molecule has 1 aromatic carbocycles. The molecule has 1 N–H and O–H groups in total. The lowest BCUT2D eigenvalue weighted by Gasteiger charge is -2.36. The van der Waals surface area contributed by atoms with E-state index in [-0.39, 0.29) is 5.69 Å². The molecule has 25 heavy (non-hydrogen) atoms. The summed E-state index contributed by atoms with van der Waals surface area (Å²) in [6.45, 7) is 2.29. The highest BCUT2D eigenvalue weighted by atomic mass is 19.4. The van der Waals surface area contributed by atoms with E-state index in [9.17, 15) is 18.0 Å². The van der Waals surface area contributed by atoms with E-state index in [1.807, 2.05) is 12.1 Å². The van der Waals surface area contributed by atoms with Crippen LogP contribution in [0.25, 0.3) is 0 Å². The van der Waals surface area contributed by atoms with E-state index in [0.717, 1.165) is 17.8 Å². The molecule has 0 atom stereocenters. The Hall–Kier alpha value is -2.77. The lowest BCUT2D eigenvalue weighted by molar-refractivity contribution is -0.137. The van der Waals surface area contributed by atoms with Crippen LogP contribution in [-0.4, -0.2) is 42.1 Å². The van der Waals surface area contributed by atoms with Crippen molar-refractivity contribution in [3.05, 3.63) is 54.4 Å². The van der Waals surface area contributed by atoms with Crippen molar-refractivity contribution in [1.29, 1.82) is 0 Å². The fraction of sp³-hybridized carbons (Fsp3) is 0.294. The molecule has 0 spiro atoms. The predicted molar refractivity (Wildman–Crippen MR) is 88.5 cm³/mol. The summed E-state index contributed by atoms with van der Waals surface area (Å²) in [6, 6.07) is 8.04. The third-order valence-electron chi connectivity index (χ3n) is 4.04. The van der Waals surface area contributed by atoms with Gasteiger partial charge in [-0.1, -0.05) is 6.07 Å². The van der Waals surface area contributed by atoms with Gasteiger partial charge in [0.15, 0.2) is 0 Å². The molecule has 3 rings (SSSR count). The first-order valence-electron chi connectivity index (χ1n) is 7.81. The first kappa shape index (κ1) is 17.1. The number of rotatable bonds is 2. The van der Waals surface area contributed by atoms with E-state index in [4.69, 9.17) is 0 Å². The number of hydrogen-bond donors (Lipinski definition) is 1. The van der Waals surface area contributed by atoms with Crippen LogP contribution in [0.4, 0.5) is 29.3 Å². The van der Waals surface area contributed by atoms with E-state index in [1.54, 1.807) is 17.3 Å². The third-order valence-corrected chi connectivity index (χ3v) is 4.04. The number of nitrogens with one attached hydrogen (secondary N) is 1. The van der Waals surface area contributed by atoms with E-state index >= 15 is 0 Å². The zero-order chi connectivity index (χ0) is 17.9.